The zero-order valence-corrected chi connectivity index (χ0v) is 12.5. The monoisotopic (exact) mass is 344 g/mol. The molecule has 1 heterocycles. The SMILES string of the molecule is CCCn1ncc(Br)c1C(NN)c1c(F)cccc1F. The smallest absolute Gasteiger partial charge is 0.131 e. The fourth-order valence-corrected chi connectivity index (χ4v) is 2.66. The van der Waals surface area contributed by atoms with Gasteiger partial charge < -0.3 is 0 Å². The maximum atomic E-state index is 13.9. The van der Waals surface area contributed by atoms with Crippen LogP contribution < -0.4 is 11.3 Å². The van der Waals surface area contributed by atoms with E-state index in [1.807, 2.05) is 6.92 Å². The Bertz CT molecular complexity index is 580. The number of benzene rings is 1. The van der Waals surface area contributed by atoms with E-state index >= 15 is 0 Å². The summed E-state index contributed by atoms with van der Waals surface area (Å²) in [5.74, 6) is 4.22. The molecule has 20 heavy (non-hydrogen) atoms. The van der Waals surface area contributed by atoms with Crippen molar-refractivity contribution in [3.05, 3.63) is 51.8 Å². The third-order valence-electron chi connectivity index (χ3n) is 3.00. The number of aryl methyl sites for hydroxylation is 1. The van der Waals surface area contributed by atoms with Gasteiger partial charge in [-0.05, 0) is 34.5 Å². The molecule has 7 heteroatoms. The Morgan fingerprint density at radius 3 is 2.60 bits per heavy atom. The highest BCUT2D eigenvalue weighted by Crippen LogP contribution is 2.31. The molecule has 0 aliphatic rings. The van der Waals surface area contributed by atoms with Crippen LogP contribution in [0.3, 0.4) is 0 Å². The van der Waals surface area contributed by atoms with Crippen molar-refractivity contribution < 1.29 is 8.78 Å². The maximum absolute atomic E-state index is 13.9. The Hall–Kier alpha value is -1.31. The van der Waals surface area contributed by atoms with Crippen molar-refractivity contribution in [3.63, 3.8) is 0 Å². The molecule has 0 fully saturated rings. The topological polar surface area (TPSA) is 55.9 Å². The third kappa shape index (κ3) is 2.74. The van der Waals surface area contributed by atoms with Crippen LogP contribution in [-0.2, 0) is 6.54 Å². The highest BCUT2D eigenvalue weighted by molar-refractivity contribution is 9.10. The summed E-state index contributed by atoms with van der Waals surface area (Å²) in [6, 6.07) is 2.91. The minimum Gasteiger partial charge on any atom is -0.271 e. The van der Waals surface area contributed by atoms with Crippen LogP contribution >= 0.6 is 15.9 Å². The fourth-order valence-electron chi connectivity index (χ4n) is 2.13. The zero-order chi connectivity index (χ0) is 14.7. The van der Waals surface area contributed by atoms with Crippen LogP contribution in [0.15, 0.2) is 28.9 Å². The summed E-state index contributed by atoms with van der Waals surface area (Å²) in [6.45, 7) is 2.63. The van der Waals surface area contributed by atoms with Gasteiger partial charge in [-0.3, -0.25) is 10.5 Å². The molecular weight excluding hydrogens is 330 g/mol. The number of rotatable bonds is 5. The predicted octanol–water partition coefficient (Wildman–Crippen LogP) is 2.89. The number of hydrazine groups is 1. The van der Waals surface area contributed by atoms with Gasteiger partial charge in [-0.15, -0.1) is 0 Å². The minimum absolute atomic E-state index is 0.117. The van der Waals surface area contributed by atoms with Crippen LogP contribution in [0.1, 0.15) is 30.6 Å². The first-order chi connectivity index (χ1) is 9.60. The second kappa shape index (κ2) is 6.43. The molecule has 0 bridgehead atoms. The van der Waals surface area contributed by atoms with Crippen LogP contribution in [0, 0.1) is 11.6 Å². The first kappa shape index (κ1) is 15.1. The highest BCUT2D eigenvalue weighted by Gasteiger charge is 2.26. The summed E-state index contributed by atoms with van der Waals surface area (Å²) in [5, 5.41) is 4.19. The van der Waals surface area contributed by atoms with Crippen LogP contribution in [0.2, 0.25) is 0 Å². The van der Waals surface area contributed by atoms with Gasteiger partial charge in [0.05, 0.1) is 22.4 Å². The Labute approximate surface area is 124 Å². The molecule has 2 aromatic rings. The molecule has 0 saturated heterocycles. The van der Waals surface area contributed by atoms with E-state index < -0.39 is 17.7 Å². The Balaban J connectivity index is 2.55. The van der Waals surface area contributed by atoms with Gasteiger partial charge >= 0.3 is 0 Å². The molecule has 4 nitrogen and oxygen atoms in total. The number of hydrogen-bond acceptors (Lipinski definition) is 3. The minimum atomic E-state index is -0.820. The van der Waals surface area contributed by atoms with Crippen molar-refractivity contribution >= 4 is 15.9 Å². The standard InChI is InChI=1S/C13H15BrF2N4/c1-2-6-20-13(8(14)7-18-20)12(19-17)11-9(15)4-3-5-10(11)16/h3-5,7,12,19H,2,6,17H2,1H3. The van der Waals surface area contributed by atoms with Gasteiger partial charge in [-0.1, -0.05) is 13.0 Å². The van der Waals surface area contributed by atoms with Crippen LogP contribution in [0.25, 0.3) is 0 Å². The second-order valence-corrected chi connectivity index (χ2v) is 5.19. The lowest BCUT2D eigenvalue weighted by atomic mass is 10.0. The third-order valence-corrected chi connectivity index (χ3v) is 3.61. The quantitative estimate of drug-likeness (QED) is 0.647. The van der Waals surface area contributed by atoms with Crippen molar-refractivity contribution in [3.8, 4) is 0 Å². The lowest BCUT2D eigenvalue weighted by Crippen LogP contribution is -2.32. The molecule has 2 rings (SSSR count). The normalized spacial score (nSPS) is 12.7. The molecule has 0 saturated carbocycles. The van der Waals surface area contributed by atoms with Crippen molar-refractivity contribution in [2.45, 2.75) is 25.9 Å². The molecule has 3 N–H and O–H groups in total. The summed E-state index contributed by atoms with van der Waals surface area (Å²) < 4.78 is 30.2. The number of nitrogens with two attached hydrogens (primary N) is 1. The zero-order valence-electron chi connectivity index (χ0n) is 10.9. The average molecular weight is 345 g/mol. The largest absolute Gasteiger partial charge is 0.271 e. The second-order valence-electron chi connectivity index (χ2n) is 4.34. The first-order valence-electron chi connectivity index (χ1n) is 6.21. The molecule has 0 amide bonds. The summed E-state index contributed by atoms with van der Waals surface area (Å²) in [5.41, 5.74) is 2.95. The van der Waals surface area contributed by atoms with E-state index in [0.29, 0.717) is 16.7 Å². The molecule has 0 aliphatic carbocycles. The summed E-state index contributed by atoms with van der Waals surface area (Å²) in [4.78, 5) is 0. The van der Waals surface area contributed by atoms with E-state index in [4.69, 9.17) is 5.84 Å². The summed E-state index contributed by atoms with van der Waals surface area (Å²) >= 11 is 3.35. The molecule has 0 spiro atoms. The van der Waals surface area contributed by atoms with Gasteiger partial charge in [0, 0.05) is 12.1 Å². The molecule has 108 valence electrons. The fraction of sp³-hybridized carbons (Fsp3) is 0.308. The van der Waals surface area contributed by atoms with Crippen molar-refractivity contribution in [2.75, 3.05) is 0 Å². The lowest BCUT2D eigenvalue weighted by molar-refractivity contribution is 0.475. The van der Waals surface area contributed by atoms with E-state index in [9.17, 15) is 8.78 Å². The molecule has 1 aromatic carbocycles. The molecule has 1 aromatic heterocycles. The van der Waals surface area contributed by atoms with Crippen LogP contribution in [-0.4, -0.2) is 9.78 Å². The predicted molar refractivity (Wildman–Crippen MR) is 75.7 cm³/mol. The molecule has 1 unspecified atom stereocenters. The van der Waals surface area contributed by atoms with E-state index in [2.05, 4.69) is 26.5 Å². The molecule has 1 atom stereocenters. The van der Waals surface area contributed by atoms with E-state index in [-0.39, 0.29) is 5.56 Å². The number of halogens is 3. The van der Waals surface area contributed by atoms with E-state index in [1.165, 1.54) is 18.2 Å². The average Bonchev–Trinajstić information content (AvgIpc) is 2.76. The molecule has 0 radical (unpaired) electrons. The van der Waals surface area contributed by atoms with Gasteiger partial charge in [0.2, 0.25) is 0 Å². The Morgan fingerprint density at radius 2 is 2.05 bits per heavy atom. The number of nitrogens with zero attached hydrogens (tertiary/aromatic N) is 2. The van der Waals surface area contributed by atoms with Gasteiger partial charge in [0.25, 0.3) is 0 Å². The molecule has 0 aliphatic heterocycles. The molecular formula is C13H15BrF2N4. The van der Waals surface area contributed by atoms with E-state index in [1.54, 1.807) is 10.9 Å². The lowest BCUT2D eigenvalue weighted by Gasteiger charge is -2.20. The van der Waals surface area contributed by atoms with Crippen LogP contribution in [0.5, 0.6) is 0 Å². The Morgan fingerprint density at radius 1 is 1.40 bits per heavy atom. The van der Waals surface area contributed by atoms with E-state index in [0.717, 1.165) is 6.42 Å². The van der Waals surface area contributed by atoms with Gasteiger partial charge in [-0.25, -0.2) is 14.2 Å². The number of aromatic nitrogens is 2. The maximum Gasteiger partial charge on any atom is 0.131 e. The summed E-state index contributed by atoms with van der Waals surface area (Å²) in [7, 11) is 0. The van der Waals surface area contributed by atoms with Crippen molar-refractivity contribution in [1.29, 1.82) is 0 Å². The van der Waals surface area contributed by atoms with Gasteiger partial charge in [0.15, 0.2) is 0 Å². The summed E-state index contributed by atoms with van der Waals surface area (Å²) in [6.07, 6.45) is 2.44. The number of nitrogens with one attached hydrogen (secondary N) is 1. The van der Waals surface area contributed by atoms with Crippen LogP contribution in [0.4, 0.5) is 8.78 Å². The van der Waals surface area contributed by atoms with Crippen molar-refractivity contribution in [1.82, 2.24) is 15.2 Å². The first-order valence-corrected chi connectivity index (χ1v) is 7.00. The van der Waals surface area contributed by atoms with Crippen molar-refractivity contribution in [2.24, 2.45) is 5.84 Å². The van der Waals surface area contributed by atoms with Gasteiger partial charge in [0.1, 0.15) is 11.6 Å². The number of hydrogen-bond donors (Lipinski definition) is 2. The Kier molecular flexibility index (Phi) is 4.85. The highest BCUT2D eigenvalue weighted by atomic mass is 79.9. The van der Waals surface area contributed by atoms with Gasteiger partial charge in [-0.2, -0.15) is 5.10 Å².